The van der Waals surface area contributed by atoms with Crippen molar-refractivity contribution >= 4 is 5.69 Å². The highest BCUT2D eigenvalue weighted by atomic mass is 16.6. The average molecular weight is 289 g/mol. The largest absolute Gasteiger partial charge is 0.485 e. The van der Waals surface area contributed by atoms with Crippen molar-refractivity contribution in [1.29, 1.82) is 5.26 Å². The Bertz CT molecular complexity index is 558. The molecule has 0 unspecified atom stereocenters. The lowest BCUT2D eigenvalue weighted by Gasteiger charge is -2.27. The fraction of sp³-hybridized carbons (Fsp3) is 0.533. The van der Waals surface area contributed by atoms with Gasteiger partial charge in [-0.2, -0.15) is 5.26 Å². The Balaban J connectivity index is 2.16. The van der Waals surface area contributed by atoms with E-state index in [2.05, 4.69) is 0 Å². The molecule has 0 radical (unpaired) electrons. The highest BCUT2D eigenvalue weighted by Crippen LogP contribution is 2.32. The molecule has 1 fully saturated rings. The zero-order valence-electron chi connectivity index (χ0n) is 11.9. The van der Waals surface area contributed by atoms with Crippen molar-refractivity contribution in [3.8, 4) is 11.8 Å². The molecule has 1 saturated carbocycles. The highest BCUT2D eigenvalue weighted by molar-refractivity contribution is 5.57. The van der Waals surface area contributed by atoms with Crippen LogP contribution in [0.5, 0.6) is 5.75 Å². The summed E-state index contributed by atoms with van der Waals surface area (Å²) >= 11 is 0. The first-order valence-electron chi connectivity index (χ1n) is 7.15. The quantitative estimate of drug-likeness (QED) is 0.521. The van der Waals surface area contributed by atoms with Gasteiger partial charge in [-0.05, 0) is 25.0 Å². The monoisotopic (exact) mass is 289 g/mol. The molecular formula is C15H19N3O3. The summed E-state index contributed by atoms with van der Waals surface area (Å²) in [5.74, 6) is 0.119. The van der Waals surface area contributed by atoms with E-state index in [1.54, 1.807) is 6.07 Å². The maximum atomic E-state index is 11.1. The van der Waals surface area contributed by atoms with Crippen LogP contribution in [-0.4, -0.2) is 17.1 Å². The smallest absolute Gasteiger partial charge is 0.328 e. The van der Waals surface area contributed by atoms with Gasteiger partial charge in [-0.15, -0.1) is 0 Å². The first kappa shape index (κ1) is 15.3. The third-order valence-corrected chi connectivity index (χ3v) is 3.92. The van der Waals surface area contributed by atoms with E-state index in [0.717, 1.165) is 25.7 Å². The number of benzene rings is 1. The summed E-state index contributed by atoms with van der Waals surface area (Å²) in [5, 5.41) is 20.1. The minimum Gasteiger partial charge on any atom is -0.485 e. The van der Waals surface area contributed by atoms with Gasteiger partial charge in [0, 0.05) is 0 Å². The molecule has 0 heterocycles. The van der Waals surface area contributed by atoms with Crippen LogP contribution in [0, 0.1) is 21.4 Å². The van der Waals surface area contributed by atoms with Crippen molar-refractivity contribution in [1.82, 2.24) is 0 Å². The molecule has 21 heavy (non-hydrogen) atoms. The number of para-hydroxylation sites is 1. The fourth-order valence-corrected chi connectivity index (χ4v) is 2.72. The van der Waals surface area contributed by atoms with Crippen LogP contribution in [0.4, 0.5) is 5.69 Å². The predicted octanol–water partition coefficient (Wildman–Crippen LogP) is 2.90. The SMILES string of the molecule is N#Cc1cccc(OCC2(N)CCCCCC2)c1[N+](=O)[O-]. The van der Waals surface area contributed by atoms with Crippen LogP contribution in [0.2, 0.25) is 0 Å². The zero-order valence-corrected chi connectivity index (χ0v) is 11.9. The molecule has 2 rings (SSSR count). The van der Waals surface area contributed by atoms with Crippen LogP contribution in [-0.2, 0) is 0 Å². The average Bonchev–Trinajstić information content (AvgIpc) is 2.69. The first-order chi connectivity index (χ1) is 10.1. The summed E-state index contributed by atoms with van der Waals surface area (Å²) < 4.78 is 5.62. The van der Waals surface area contributed by atoms with E-state index < -0.39 is 10.5 Å². The van der Waals surface area contributed by atoms with Gasteiger partial charge >= 0.3 is 5.69 Å². The van der Waals surface area contributed by atoms with Gasteiger partial charge in [-0.3, -0.25) is 10.1 Å². The molecule has 0 aliphatic heterocycles. The maximum absolute atomic E-state index is 11.1. The number of hydrogen-bond donors (Lipinski definition) is 1. The van der Waals surface area contributed by atoms with Crippen molar-refractivity contribution in [2.24, 2.45) is 5.73 Å². The van der Waals surface area contributed by atoms with Crippen LogP contribution < -0.4 is 10.5 Å². The lowest BCUT2D eigenvalue weighted by atomic mass is 9.92. The minimum absolute atomic E-state index is 0.00411. The molecule has 6 heteroatoms. The molecule has 1 aromatic carbocycles. The van der Waals surface area contributed by atoms with Gasteiger partial charge in [0.2, 0.25) is 0 Å². The number of nitriles is 1. The summed E-state index contributed by atoms with van der Waals surface area (Å²) in [5.41, 5.74) is 5.63. The Morgan fingerprint density at radius 1 is 1.33 bits per heavy atom. The maximum Gasteiger partial charge on any atom is 0.328 e. The number of nitrogens with zero attached hydrogens (tertiary/aromatic N) is 2. The highest BCUT2D eigenvalue weighted by Gasteiger charge is 2.29. The molecule has 0 saturated heterocycles. The first-order valence-corrected chi connectivity index (χ1v) is 7.15. The minimum atomic E-state index is -0.579. The molecule has 1 aromatic rings. The van der Waals surface area contributed by atoms with E-state index in [9.17, 15) is 10.1 Å². The lowest BCUT2D eigenvalue weighted by molar-refractivity contribution is -0.386. The molecule has 6 nitrogen and oxygen atoms in total. The van der Waals surface area contributed by atoms with Gasteiger partial charge in [0.1, 0.15) is 18.2 Å². The Morgan fingerprint density at radius 3 is 2.57 bits per heavy atom. The van der Waals surface area contributed by atoms with E-state index in [-0.39, 0.29) is 23.6 Å². The molecule has 112 valence electrons. The van der Waals surface area contributed by atoms with Gasteiger partial charge in [0.15, 0.2) is 5.75 Å². The third-order valence-electron chi connectivity index (χ3n) is 3.92. The fourth-order valence-electron chi connectivity index (χ4n) is 2.72. The molecule has 0 spiro atoms. The summed E-state index contributed by atoms with van der Waals surface area (Å²) in [6.45, 7) is 0.239. The van der Waals surface area contributed by atoms with Gasteiger partial charge in [0.25, 0.3) is 0 Å². The Morgan fingerprint density at radius 2 is 2.00 bits per heavy atom. The summed E-state index contributed by atoms with van der Waals surface area (Å²) in [6.07, 6.45) is 6.17. The molecule has 0 bridgehead atoms. The molecule has 2 N–H and O–H groups in total. The normalized spacial score (nSPS) is 17.5. The van der Waals surface area contributed by atoms with Crippen LogP contribution in [0.1, 0.15) is 44.1 Å². The molecular weight excluding hydrogens is 270 g/mol. The van der Waals surface area contributed by atoms with Gasteiger partial charge in [-0.1, -0.05) is 31.7 Å². The van der Waals surface area contributed by atoms with Gasteiger partial charge in [-0.25, -0.2) is 0 Å². The Hall–Kier alpha value is -2.13. The van der Waals surface area contributed by atoms with E-state index in [1.807, 2.05) is 6.07 Å². The number of ether oxygens (including phenoxy) is 1. The summed E-state index contributed by atoms with van der Waals surface area (Å²) in [4.78, 5) is 10.6. The second kappa shape index (κ2) is 6.55. The number of rotatable bonds is 4. The van der Waals surface area contributed by atoms with Gasteiger partial charge in [0.05, 0.1) is 10.5 Å². The second-order valence-electron chi connectivity index (χ2n) is 5.59. The standard InChI is InChI=1S/C15H19N3O3/c16-10-12-6-5-7-13(14(12)18(19)20)21-11-15(17)8-3-1-2-4-9-15/h5-7H,1-4,8-9,11,17H2. The number of nitrogens with two attached hydrogens (primary N) is 1. The topological polar surface area (TPSA) is 102 Å². The Kier molecular flexibility index (Phi) is 4.76. The van der Waals surface area contributed by atoms with Crippen LogP contribution in [0.15, 0.2) is 18.2 Å². The molecule has 1 aliphatic rings. The van der Waals surface area contributed by atoms with Crippen LogP contribution in [0.3, 0.4) is 0 Å². The number of hydrogen-bond acceptors (Lipinski definition) is 5. The number of nitro benzene ring substituents is 1. The molecule has 0 atom stereocenters. The lowest BCUT2D eigenvalue weighted by Crippen LogP contribution is -2.45. The van der Waals surface area contributed by atoms with Crippen molar-refractivity contribution < 1.29 is 9.66 Å². The number of nitro groups is 1. The van der Waals surface area contributed by atoms with Crippen molar-refractivity contribution in [3.63, 3.8) is 0 Å². The summed E-state index contributed by atoms with van der Waals surface area (Å²) in [6, 6.07) is 6.33. The van der Waals surface area contributed by atoms with Crippen molar-refractivity contribution in [3.05, 3.63) is 33.9 Å². The van der Waals surface area contributed by atoms with Crippen molar-refractivity contribution in [2.75, 3.05) is 6.61 Å². The van der Waals surface area contributed by atoms with E-state index in [4.69, 9.17) is 15.7 Å². The Labute approximate surface area is 123 Å². The third kappa shape index (κ3) is 3.70. The molecule has 1 aliphatic carbocycles. The van der Waals surface area contributed by atoms with Crippen LogP contribution in [0.25, 0.3) is 0 Å². The van der Waals surface area contributed by atoms with Crippen LogP contribution >= 0.6 is 0 Å². The van der Waals surface area contributed by atoms with E-state index >= 15 is 0 Å². The van der Waals surface area contributed by atoms with Gasteiger partial charge < -0.3 is 10.5 Å². The summed E-state index contributed by atoms with van der Waals surface area (Å²) in [7, 11) is 0. The van der Waals surface area contributed by atoms with E-state index in [0.29, 0.717) is 0 Å². The predicted molar refractivity (Wildman–Crippen MR) is 77.9 cm³/mol. The van der Waals surface area contributed by atoms with Crippen molar-refractivity contribution in [2.45, 2.75) is 44.1 Å². The second-order valence-corrected chi connectivity index (χ2v) is 5.59. The molecule has 0 aromatic heterocycles. The zero-order chi connectivity index (χ0) is 15.3. The van der Waals surface area contributed by atoms with E-state index in [1.165, 1.54) is 25.0 Å². The molecule has 0 amide bonds.